The Morgan fingerprint density at radius 2 is 0.833 bits per heavy atom. The lowest BCUT2D eigenvalue weighted by atomic mass is 9.65. The Morgan fingerprint density at radius 3 is 1.10 bits per heavy atom. The first-order valence-corrected chi connectivity index (χ1v) is 8.51. The third-order valence-electron chi connectivity index (χ3n) is 4.83. The van der Waals surface area contributed by atoms with Crippen LogP contribution in [0.2, 0.25) is 0 Å². The standard InChI is InChI=1S/C14H15F15S/c1-3-7(4-2,9(17,18)8(15,16)5-6-30)10(19,20)11(21,22)12(23,24)13(25,26)14(27,28)29/h30H,3-6H2,1-2H3. The first-order chi connectivity index (χ1) is 12.9. The molecule has 0 nitrogen and oxygen atoms in total. The van der Waals surface area contributed by atoms with E-state index in [9.17, 15) is 65.9 Å². The zero-order valence-corrected chi connectivity index (χ0v) is 15.8. The highest BCUT2D eigenvalue weighted by molar-refractivity contribution is 7.80. The first kappa shape index (κ1) is 29.3. The number of halogens is 15. The number of rotatable bonds is 10. The molecule has 0 fully saturated rings. The van der Waals surface area contributed by atoms with Crippen molar-refractivity contribution >= 4 is 12.6 Å². The molecule has 0 saturated heterocycles. The fourth-order valence-electron chi connectivity index (χ4n) is 2.86. The summed E-state index contributed by atoms with van der Waals surface area (Å²) in [5.41, 5.74) is -5.14. The molecule has 0 saturated carbocycles. The Hall–Kier alpha value is -0.700. The molecule has 0 unspecified atom stereocenters. The molecule has 0 amide bonds. The lowest BCUT2D eigenvalue weighted by Gasteiger charge is -2.50. The van der Waals surface area contributed by atoms with Crippen LogP contribution in [0.15, 0.2) is 0 Å². The molecule has 0 aliphatic heterocycles. The van der Waals surface area contributed by atoms with Crippen LogP contribution in [0, 0.1) is 5.41 Å². The van der Waals surface area contributed by atoms with Crippen LogP contribution in [0.1, 0.15) is 33.1 Å². The molecule has 30 heavy (non-hydrogen) atoms. The van der Waals surface area contributed by atoms with Crippen molar-refractivity contribution in [3.63, 3.8) is 0 Å². The van der Waals surface area contributed by atoms with E-state index in [1.54, 1.807) is 0 Å². The summed E-state index contributed by atoms with van der Waals surface area (Å²) in [4.78, 5) is 0. The third-order valence-corrected chi connectivity index (χ3v) is 5.06. The van der Waals surface area contributed by atoms with Gasteiger partial charge in [0.15, 0.2) is 0 Å². The van der Waals surface area contributed by atoms with E-state index in [1.165, 1.54) is 0 Å². The lowest BCUT2D eigenvalue weighted by Crippen LogP contribution is -2.73. The predicted molar refractivity (Wildman–Crippen MR) is 77.2 cm³/mol. The van der Waals surface area contributed by atoms with E-state index >= 15 is 0 Å². The van der Waals surface area contributed by atoms with E-state index in [1.807, 2.05) is 0 Å². The van der Waals surface area contributed by atoms with Crippen LogP contribution >= 0.6 is 12.6 Å². The Kier molecular flexibility index (Phi) is 7.83. The van der Waals surface area contributed by atoms with Gasteiger partial charge in [-0.05, 0) is 18.6 Å². The molecule has 0 N–H and O–H groups in total. The molecule has 0 spiro atoms. The van der Waals surface area contributed by atoms with Crippen LogP contribution in [0.4, 0.5) is 65.9 Å². The molecular formula is C14H15F15S. The van der Waals surface area contributed by atoms with Crippen molar-refractivity contribution in [3.8, 4) is 0 Å². The van der Waals surface area contributed by atoms with Crippen molar-refractivity contribution in [1.82, 2.24) is 0 Å². The Balaban J connectivity index is 7.04. The SMILES string of the molecule is CCC(CC)(C(F)(F)C(F)(F)CCS)C(F)(F)C(F)(F)C(F)(F)C(F)(F)C(F)(F)F. The van der Waals surface area contributed by atoms with Crippen molar-refractivity contribution in [2.24, 2.45) is 5.41 Å². The molecule has 0 bridgehead atoms. The largest absolute Gasteiger partial charge is 0.460 e. The maximum atomic E-state index is 14.4. The quantitative estimate of drug-likeness (QED) is 0.233. The van der Waals surface area contributed by atoms with Gasteiger partial charge in [0.2, 0.25) is 0 Å². The second kappa shape index (κ2) is 8.01. The highest BCUT2D eigenvalue weighted by Crippen LogP contribution is 2.67. The van der Waals surface area contributed by atoms with Crippen LogP contribution in [0.3, 0.4) is 0 Å². The molecule has 0 radical (unpaired) electrons. The van der Waals surface area contributed by atoms with Crippen LogP contribution in [0.25, 0.3) is 0 Å². The van der Waals surface area contributed by atoms with Gasteiger partial charge in [0.05, 0.1) is 0 Å². The summed E-state index contributed by atoms with van der Waals surface area (Å²) in [5, 5.41) is 0. The Labute approximate surface area is 165 Å². The van der Waals surface area contributed by atoms with Gasteiger partial charge in [0, 0.05) is 6.42 Å². The average Bonchev–Trinajstić information content (AvgIpc) is 2.54. The monoisotopic (exact) mass is 500 g/mol. The van der Waals surface area contributed by atoms with E-state index < -0.39 is 72.1 Å². The molecule has 0 aliphatic rings. The zero-order valence-electron chi connectivity index (χ0n) is 14.9. The lowest BCUT2D eigenvalue weighted by molar-refractivity contribution is -0.448. The van der Waals surface area contributed by atoms with Gasteiger partial charge < -0.3 is 0 Å². The van der Waals surface area contributed by atoms with Crippen molar-refractivity contribution < 1.29 is 65.9 Å². The van der Waals surface area contributed by atoms with Gasteiger partial charge in [0.25, 0.3) is 0 Å². The molecule has 182 valence electrons. The molecule has 0 rings (SSSR count). The molecule has 0 aromatic rings. The second-order valence-electron chi connectivity index (χ2n) is 6.34. The summed E-state index contributed by atoms with van der Waals surface area (Å²) in [7, 11) is 0. The van der Waals surface area contributed by atoms with E-state index in [2.05, 4.69) is 12.6 Å². The van der Waals surface area contributed by atoms with E-state index in [0.29, 0.717) is 0 Å². The van der Waals surface area contributed by atoms with Crippen LogP contribution in [0.5, 0.6) is 0 Å². The van der Waals surface area contributed by atoms with Gasteiger partial charge in [-0.25, -0.2) is 0 Å². The van der Waals surface area contributed by atoms with Crippen LogP contribution < -0.4 is 0 Å². The maximum absolute atomic E-state index is 14.4. The van der Waals surface area contributed by atoms with Gasteiger partial charge in [0.1, 0.15) is 5.41 Å². The molecule has 0 atom stereocenters. The molecule has 0 aromatic carbocycles. The molecule has 0 aliphatic carbocycles. The molecule has 0 heterocycles. The molecule has 0 aromatic heterocycles. The summed E-state index contributed by atoms with van der Waals surface area (Å²) in [6, 6.07) is 0. The minimum Gasteiger partial charge on any atom is -0.200 e. The summed E-state index contributed by atoms with van der Waals surface area (Å²) >= 11 is 3.15. The van der Waals surface area contributed by atoms with E-state index in [-0.39, 0.29) is 13.8 Å². The van der Waals surface area contributed by atoms with Crippen molar-refractivity contribution in [3.05, 3.63) is 0 Å². The Bertz CT molecular complexity index is 589. The number of alkyl halides is 15. The Morgan fingerprint density at radius 1 is 0.500 bits per heavy atom. The highest BCUT2D eigenvalue weighted by Gasteiger charge is 2.92. The normalized spacial score (nSPS) is 16.2. The zero-order chi connectivity index (χ0) is 24.8. The van der Waals surface area contributed by atoms with Crippen LogP contribution in [-0.2, 0) is 0 Å². The van der Waals surface area contributed by atoms with Crippen molar-refractivity contribution in [2.45, 2.75) is 74.8 Å². The highest BCUT2D eigenvalue weighted by atomic mass is 32.1. The number of hydrogen-bond donors (Lipinski definition) is 1. The van der Waals surface area contributed by atoms with Crippen LogP contribution in [-0.4, -0.2) is 47.5 Å². The summed E-state index contributed by atoms with van der Waals surface area (Å²) < 4.78 is 202. The molecule has 16 heteroatoms. The summed E-state index contributed by atoms with van der Waals surface area (Å²) in [6.45, 7) is 0.330. The van der Waals surface area contributed by atoms with Gasteiger partial charge in [-0.15, -0.1) is 0 Å². The number of thiol groups is 1. The summed E-state index contributed by atoms with van der Waals surface area (Å²) in [6.07, 6.45) is -13.8. The fraction of sp³-hybridized carbons (Fsp3) is 1.00. The van der Waals surface area contributed by atoms with Gasteiger partial charge in [-0.2, -0.15) is 78.5 Å². The smallest absolute Gasteiger partial charge is 0.200 e. The number of hydrogen-bond acceptors (Lipinski definition) is 1. The van der Waals surface area contributed by atoms with Crippen molar-refractivity contribution in [2.75, 3.05) is 5.75 Å². The average molecular weight is 500 g/mol. The van der Waals surface area contributed by atoms with E-state index in [4.69, 9.17) is 0 Å². The second-order valence-corrected chi connectivity index (χ2v) is 6.78. The minimum absolute atomic E-state index is 0.165. The van der Waals surface area contributed by atoms with Crippen molar-refractivity contribution in [1.29, 1.82) is 0 Å². The summed E-state index contributed by atoms with van der Waals surface area (Å²) in [5.74, 6) is -43.7. The minimum atomic E-state index is -7.98. The fourth-order valence-corrected chi connectivity index (χ4v) is 3.14. The third kappa shape index (κ3) is 3.61. The maximum Gasteiger partial charge on any atom is 0.460 e. The predicted octanol–water partition coefficient (Wildman–Crippen LogP) is 7.49. The molecular weight excluding hydrogens is 485 g/mol. The topological polar surface area (TPSA) is 0 Å². The van der Waals surface area contributed by atoms with Gasteiger partial charge in [-0.3, -0.25) is 0 Å². The van der Waals surface area contributed by atoms with Gasteiger partial charge in [-0.1, -0.05) is 13.8 Å². The van der Waals surface area contributed by atoms with E-state index in [0.717, 1.165) is 0 Å². The van der Waals surface area contributed by atoms with Gasteiger partial charge >= 0.3 is 41.7 Å². The first-order valence-electron chi connectivity index (χ1n) is 7.88.